The molecule has 2 saturated heterocycles. The van der Waals surface area contributed by atoms with Crippen molar-refractivity contribution in [3.63, 3.8) is 0 Å². The summed E-state index contributed by atoms with van der Waals surface area (Å²) in [7, 11) is 3.95. The Balaban J connectivity index is 1.37. The van der Waals surface area contributed by atoms with Gasteiger partial charge in [0.05, 0.1) is 20.3 Å². The van der Waals surface area contributed by atoms with Crippen LogP contribution in [0.25, 0.3) is 0 Å². The van der Waals surface area contributed by atoms with Crippen molar-refractivity contribution in [2.24, 2.45) is 5.92 Å². The van der Waals surface area contributed by atoms with Crippen LogP contribution >= 0.6 is 11.6 Å². The van der Waals surface area contributed by atoms with Gasteiger partial charge in [-0.25, -0.2) is 4.98 Å². The van der Waals surface area contributed by atoms with Crippen molar-refractivity contribution in [2.45, 2.75) is 57.0 Å². The third kappa shape index (κ3) is 4.12. The van der Waals surface area contributed by atoms with Gasteiger partial charge in [-0.05, 0) is 69.6 Å². The molecule has 0 N–H and O–H groups in total. The van der Waals surface area contributed by atoms with E-state index in [0.717, 1.165) is 30.7 Å². The fourth-order valence-corrected chi connectivity index (χ4v) is 6.01. The third-order valence-electron chi connectivity index (χ3n) is 7.80. The maximum atomic E-state index is 6.59. The van der Waals surface area contributed by atoms with Crippen molar-refractivity contribution < 1.29 is 18.9 Å². The van der Waals surface area contributed by atoms with Gasteiger partial charge in [-0.3, -0.25) is 0 Å². The summed E-state index contributed by atoms with van der Waals surface area (Å²) in [6, 6.07) is 8.81. The number of likely N-dealkylation sites (tertiary alicyclic amines) is 1. The summed E-state index contributed by atoms with van der Waals surface area (Å²) < 4.78 is 23.4. The van der Waals surface area contributed by atoms with E-state index in [0.29, 0.717) is 36.1 Å². The molecule has 7 heteroatoms. The summed E-state index contributed by atoms with van der Waals surface area (Å²) in [5, 5.41) is 0.502. The van der Waals surface area contributed by atoms with Gasteiger partial charge in [-0.2, -0.15) is 0 Å². The van der Waals surface area contributed by atoms with Crippen LogP contribution in [-0.2, 0) is 21.3 Å². The van der Waals surface area contributed by atoms with E-state index in [2.05, 4.69) is 42.1 Å². The molecule has 2 aliphatic heterocycles. The molecular formula is C26H33ClN2O4. The van der Waals surface area contributed by atoms with E-state index in [4.69, 9.17) is 30.5 Å². The number of rotatable bonds is 5. The number of hydrogen-bond donors (Lipinski definition) is 0. The second-order valence-electron chi connectivity index (χ2n) is 10.2. The predicted octanol–water partition coefficient (Wildman–Crippen LogP) is 4.78. The topological polar surface area (TPSA) is 53.1 Å². The lowest BCUT2D eigenvalue weighted by molar-refractivity contribution is -0.139. The zero-order chi connectivity index (χ0) is 23.4. The number of hydrogen-bond acceptors (Lipinski definition) is 6. The molecule has 6 nitrogen and oxygen atoms in total. The fraction of sp³-hybridized carbons (Fsp3) is 0.577. The molecule has 3 aliphatic rings. The first kappa shape index (κ1) is 22.9. The molecule has 4 unspecified atom stereocenters. The molecular weight excluding hydrogens is 440 g/mol. The van der Waals surface area contributed by atoms with E-state index in [1.807, 2.05) is 19.9 Å². The second kappa shape index (κ2) is 8.42. The number of aromatic nitrogens is 1. The number of methoxy groups -OCH3 is 1. The highest BCUT2D eigenvalue weighted by Gasteiger charge is 2.50. The number of piperidine rings is 1. The quantitative estimate of drug-likeness (QED) is 0.624. The molecule has 4 atom stereocenters. The highest BCUT2D eigenvalue weighted by Crippen LogP contribution is 2.49. The van der Waals surface area contributed by atoms with Gasteiger partial charge in [0.2, 0.25) is 5.88 Å². The Morgan fingerprint density at radius 2 is 2.06 bits per heavy atom. The summed E-state index contributed by atoms with van der Waals surface area (Å²) in [5.74, 6) is 1.11. The van der Waals surface area contributed by atoms with Crippen molar-refractivity contribution in [1.29, 1.82) is 0 Å². The molecule has 1 aromatic carbocycles. The Kier molecular flexibility index (Phi) is 5.84. The summed E-state index contributed by atoms with van der Waals surface area (Å²) in [6.45, 7) is 8.31. The Labute approximate surface area is 201 Å². The number of pyridine rings is 1. The molecule has 0 saturated carbocycles. The Bertz CT molecular complexity index is 1040. The van der Waals surface area contributed by atoms with Crippen LogP contribution in [-0.4, -0.2) is 55.6 Å². The van der Waals surface area contributed by atoms with Crippen molar-refractivity contribution in [1.82, 2.24) is 9.88 Å². The maximum absolute atomic E-state index is 6.59. The minimum absolute atomic E-state index is 0.00628. The average molecular weight is 473 g/mol. The van der Waals surface area contributed by atoms with Crippen molar-refractivity contribution in [3.8, 4) is 11.6 Å². The third-order valence-corrected chi connectivity index (χ3v) is 8.07. The molecule has 2 aromatic rings. The van der Waals surface area contributed by atoms with Crippen LogP contribution < -0.4 is 9.47 Å². The lowest BCUT2D eigenvalue weighted by Crippen LogP contribution is -2.59. The van der Waals surface area contributed by atoms with Gasteiger partial charge in [0.25, 0.3) is 0 Å². The molecule has 3 heterocycles. The van der Waals surface area contributed by atoms with Crippen molar-refractivity contribution >= 4 is 11.6 Å². The molecule has 1 aliphatic carbocycles. The van der Waals surface area contributed by atoms with Crippen molar-refractivity contribution in [2.75, 3.05) is 33.9 Å². The van der Waals surface area contributed by atoms with E-state index < -0.39 is 5.79 Å². The van der Waals surface area contributed by atoms with E-state index in [1.165, 1.54) is 11.1 Å². The number of ether oxygens (including phenoxy) is 4. The maximum Gasteiger partial charge on any atom is 0.232 e. The molecule has 5 rings (SSSR count). The van der Waals surface area contributed by atoms with E-state index in [-0.39, 0.29) is 11.5 Å². The molecule has 0 amide bonds. The van der Waals surface area contributed by atoms with Gasteiger partial charge in [0.15, 0.2) is 5.79 Å². The van der Waals surface area contributed by atoms with Crippen LogP contribution in [0.1, 0.15) is 50.0 Å². The van der Waals surface area contributed by atoms with Gasteiger partial charge in [-0.1, -0.05) is 24.6 Å². The molecule has 33 heavy (non-hydrogen) atoms. The Morgan fingerprint density at radius 3 is 2.76 bits per heavy atom. The highest BCUT2D eigenvalue weighted by molar-refractivity contribution is 6.31. The normalized spacial score (nSPS) is 30.7. The SMILES string of the molecule is COc1ccc2c(c1)C1(C)CCN(C)C(C2)C1COc1ncc(C2COC(C)(C)O2)cc1Cl. The first-order valence-electron chi connectivity index (χ1n) is 11.7. The Morgan fingerprint density at radius 1 is 1.24 bits per heavy atom. The van der Waals surface area contributed by atoms with Gasteiger partial charge < -0.3 is 23.8 Å². The molecule has 0 spiro atoms. The first-order chi connectivity index (χ1) is 15.7. The average Bonchev–Trinajstić information content (AvgIpc) is 3.16. The van der Waals surface area contributed by atoms with Crippen LogP contribution in [0.15, 0.2) is 30.5 Å². The molecule has 2 bridgehead atoms. The van der Waals surface area contributed by atoms with Crippen LogP contribution in [0.2, 0.25) is 5.02 Å². The smallest absolute Gasteiger partial charge is 0.232 e. The predicted molar refractivity (Wildman–Crippen MR) is 127 cm³/mol. The lowest BCUT2D eigenvalue weighted by Gasteiger charge is -2.54. The summed E-state index contributed by atoms with van der Waals surface area (Å²) in [6.07, 6.45) is 3.69. The summed E-state index contributed by atoms with van der Waals surface area (Å²) in [5.41, 5.74) is 3.70. The zero-order valence-electron chi connectivity index (χ0n) is 20.1. The summed E-state index contributed by atoms with van der Waals surface area (Å²) >= 11 is 6.59. The largest absolute Gasteiger partial charge is 0.497 e. The number of fused-ring (bicyclic) bond motifs is 4. The molecule has 178 valence electrons. The number of nitrogens with zero attached hydrogens (tertiary/aromatic N) is 2. The first-order valence-corrected chi connectivity index (χ1v) is 12.1. The van der Waals surface area contributed by atoms with Crippen LogP contribution in [0.3, 0.4) is 0 Å². The van der Waals surface area contributed by atoms with E-state index >= 15 is 0 Å². The highest BCUT2D eigenvalue weighted by atomic mass is 35.5. The Hall–Kier alpha value is -1.86. The van der Waals surface area contributed by atoms with E-state index in [1.54, 1.807) is 13.3 Å². The number of benzene rings is 1. The minimum atomic E-state index is -0.592. The molecule has 1 aromatic heterocycles. The van der Waals surface area contributed by atoms with E-state index in [9.17, 15) is 0 Å². The monoisotopic (exact) mass is 472 g/mol. The number of halogens is 1. The van der Waals surface area contributed by atoms with Gasteiger partial charge in [-0.15, -0.1) is 0 Å². The second-order valence-corrected chi connectivity index (χ2v) is 10.6. The van der Waals surface area contributed by atoms with Crippen LogP contribution in [0.5, 0.6) is 11.6 Å². The standard InChI is InChI=1S/C26H33ClN2O4/c1-25(2)32-15-23(33-25)17-10-21(27)24(28-13-17)31-14-20-22-11-16-6-7-18(30-5)12-19(16)26(20,3)8-9-29(22)4/h6-7,10,12-13,20,22-23H,8-9,11,14-15H2,1-5H3. The van der Waals surface area contributed by atoms with Gasteiger partial charge >= 0.3 is 0 Å². The number of likely N-dealkylation sites (N-methyl/N-ethyl adjacent to an activating group) is 1. The van der Waals surface area contributed by atoms with Gasteiger partial charge in [0, 0.05) is 29.1 Å². The molecule has 2 fully saturated rings. The zero-order valence-corrected chi connectivity index (χ0v) is 20.8. The summed E-state index contributed by atoms with van der Waals surface area (Å²) in [4.78, 5) is 7.01. The van der Waals surface area contributed by atoms with Gasteiger partial charge in [0.1, 0.15) is 16.9 Å². The van der Waals surface area contributed by atoms with Crippen LogP contribution in [0, 0.1) is 5.92 Å². The molecule has 0 radical (unpaired) electrons. The van der Waals surface area contributed by atoms with Crippen LogP contribution in [0.4, 0.5) is 0 Å². The fourth-order valence-electron chi connectivity index (χ4n) is 5.78. The lowest BCUT2D eigenvalue weighted by atomic mass is 9.58. The van der Waals surface area contributed by atoms with Crippen molar-refractivity contribution in [3.05, 3.63) is 52.2 Å². The minimum Gasteiger partial charge on any atom is -0.497 e.